The van der Waals surface area contributed by atoms with Crippen LogP contribution in [-0.2, 0) is 48.5 Å². The molecule has 0 saturated carbocycles. The zero-order valence-corrected chi connectivity index (χ0v) is 31.6. The Kier molecular flexibility index (Phi) is 21.5. The minimum absolute atomic E-state index is 0.00267. The highest BCUT2D eigenvalue weighted by Crippen LogP contribution is 2.36. The lowest BCUT2D eigenvalue weighted by Crippen LogP contribution is -2.41. The van der Waals surface area contributed by atoms with Gasteiger partial charge in [0, 0.05) is 5.69 Å². The predicted molar refractivity (Wildman–Crippen MR) is 190 cm³/mol. The number of carbonyl (C=O) groups excluding carboxylic acids is 1. The minimum atomic E-state index is -4.47. The Morgan fingerprint density at radius 3 is 1.49 bits per heavy atom. The summed E-state index contributed by atoms with van der Waals surface area (Å²) >= 11 is 0. The fourth-order valence-electron chi connectivity index (χ4n) is 3.96. The Hall–Kier alpha value is -2.60. The van der Waals surface area contributed by atoms with Crippen LogP contribution in [0.25, 0.3) is 0 Å². The van der Waals surface area contributed by atoms with E-state index in [4.69, 9.17) is 42.3 Å². The largest absolute Gasteiger partial charge is 0.460 e. The number of para-hydroxylation sites is 1. The Labute approximate surface area is 301 Å². The molecule has 2 aromatic carbocycles. The van der Waals surface area contributed by atoms with E-state index in [-0.39, 0.29) is 29.5 Å². The lowest BCUT2D eigenvalue weighted by molar-refractivity contribution is -0.137. The number of halogens is 3. The van der Waals surface area contributed by atoms with Crippen LogP contribution in [0.15, 0.2) is 48.5 Å². The second-order valence-corrected chi connectivity index (χ2v) is 17.6. The van der Waals surface area contributed by atoms with Crippen LogP contribution < -0.4 is 5.32 Å². The molecular formula is C36H56F3NO10Si. The Balaban J connectivity index is 1.35. The number of nitrogens with one attached hydrogen (secondary N) is 1. The Morgan fingerprint density at radius 1 is 0.608 bits per heavy atom. The quantitative estimate of drug-likeness (QED) is 0.0568. The maximum atomic E-state index is 13.0. The van der Waals surface area contributed by atoms with Crippen molar-refractivity contribution in [1.82, 2.24) is 0 Å². The van der Waals surface area contributed by atoms with Crippen molar-refractivity contribution in [3.63, 3.8) is 0 Å². The summed E-state index contributed by atoms with van der Waals surface area (Å²) in [5.41, 5.74) is -0.0787. The molecule has 0 aliphatic carbocycles. The molecule has 2 aromatic rings. The van der Waals surface area contributed by atoms with Crippen LogP contribution in [0, 0.1) is 0 Å². The fourth-order valence-corrected chi connectivity index (χ4v) is 4.99. The molecule has 290 valence electrons. The van der Waals surface area contributed by atoms with Gasteiger partial charge in [0.15, 0.2) is 8.32 Å². The average molecular weight is 748 g/mol. The summed E-state index contributed by atoms with van der Waals surface area (Å²) in [6.07, 6.45) is -4.47. The predicted octanol–water partition coefficient (Wildman–Crippen LogP) is 6.74. The summed E-state index contributed by atoms with van der Waals surface area (Å²) in [7, 11) is -1.72. The fraction of sp³-hybridized carbons (Fsp3) is 0.639. The van der Waals surface area contributed by atoms with Gasteiger partial charge in [-0.3, -0.25) is 0 Å². The van der Waals surface area contributed by atoms with Crippen LogP contribution in [0.3, 0.4) is 0 Å². The van der Waals surface area contributed by atoms with Crippen molar-refractivity contribution in [3.05, 3.63) is 59.7 Å². The molecule has 0 saturated heterocycles. The van der Waals surface area contributed by atoms with Gasteiger partial charge in [-0.15, -0.1) is 0 Å². The monoisotopic (exact) mass is 747 g/mol. The van der Waals surface area contributed by atoms with Crippen LogP contribution in [0.2, 0.25) is 18.1 Å². The molecule has 0 radical (unpaired) electrons. The van der Waals surface area contributed by atoms with E-state index in [9.17, 15) is 18.0 Å². The Bertz CT molecular complexity index is 1230. The molecule has 0 atom stereocenters. The number of ether oxygens (including phenoxy) is 8. The average Bonchev–Trinajstić information content (AvgIpc) is 3.07. The number of hydrogen-bond donors (Lipinski definition) is 1. The van der Waals surface area contributed by atoms with Gasteiger partial charge >= 0.3 is 12.1 Å². The molecule has 0 fully saturated rings. The summed E-state index contributed by atoms with van der Waals surface area (Å²) in [5, 5.41) is 3.06. The molecule has 0 bridgehead atoms. The minimum Gasteiger partial charge on any atom is -0.460 e. The van der Waals surface area contributed by atoms with E-state index >= 15 is 0 Å². The van der Waals surface area contributed by atoms with E-state index in [0.717, 1.165) is 12.1 Å². The van der Waals surface area contributed by atoms with Crippen LogP contribution in [0.4, 0.5) is 24.5 Å². The molecule has 2 rings (SSSR count). The number of hydrogen-bond acceptors (Lipinski definition) is 11. The summed E-state index contributed by atoms with van der Waals surface area (Å²) in [4.78, 5) is 12.6. The van der Waals surface area contributed by atoms with Crippen molar-refractivity contribution in [3.8, 4) is 0 Å². The first-order valence-corrected chi connectivity index (χ1v) is 20.1. The van der Waals surface area contributed by atoms with Gasteiger partial charge in [0.05, 0.1) is 116 Å². The van der Waals surface area contributed by atoms with Crippen molar-refractivity contribution in [2.45, 2.75) is 45.1 Å². The van der Waals surface area contributed by atoms with E-state index in [0.29, 0.717) is 98.2 Å². The summed E-state index contributed by atoms with van der Waals surface area (Å²) in [5.74, 6) is -0.625. The molecule has 0 heterocycles. The van der Waals surface area contributed by atoms with E-state index in [1.54, 1.807) is 18.2 Å². The molecule has 0 aliphatic rings. The molecule has 0 spiro atoms. The van der Waals surface area contributed by atoms with Crippen LogP contribution >= 0.6 is 0 Å². The van der Waals surface area contributed by atoms with E-state index in [1.807, 2.05) is 0 Å². The molecule has 51 heavy (non-hydrogen) atoms. The van der Waals surface area contributed by atoms with E-state index in [1.165, 1.54) is 18.2 Å². The van der Waals surface area contributed by atoms with Crippen LogP contribution in [0.1, 0.15) is 36.7 Å². The lowest BCUT2D eigenvalue weighted by atomic mass is 10.1. The van der Waals surface area contributed by atoms with Crippen molar-refractivity contribution < 1.29 is 60.3 Å². The normalized spacial score (nSPS) is 12.3. The van der Waals surface area contributed by atoms with Gasteiger partial charge in [0.25, 0.3) is 0 Å². The smallest absolute Gasteiger partial charge is 0.416 e. The highest BCUT2D eigenvalue weighted by atomic mass is 28.4. The zero-order valence-electron chi connectivity index (χ0n) is 30.6. The molecule has 0 aliphatic heterocycles. The maximum Gasteiger partial charge on any atom is 0.416 e. The molecule has 0 unspecified atom stereocenters. The second-order valence-electron chi connectivity index (χ2n) is 12.8. The number of rotatable bonds is 28. The molecular weight excluding hydrogens is 691 g/mol. The number of carbonyl (C=O) groups is 1. The SMILES string of the molecule is CC(C)(C)[Si](C)(C)OCCOCCOCCOCCOCCOCCOCCOCCOC(=O)c1ccccc1Nc1cccc(C(F)(F)F)c1. The molecule has 0 amide bonds. The van der Waals surface area contributed by atoms with Crippen molar-refractivity contribution in [2.24, 2.45) is 0 Å². The van der Waals surface area contributed by atoms with E-state index in [2.05, 4.69) is 39.2 Å². The second kappa shape index (κ2) is 24.6. The van der Waals surface area contributed by atoms with Crippen molar-refractivity contribution in [2.75, 3.05) is 111 Å². The summed E-state index contributed by atoms with van der Waals surface area (Å²) < 4.78 is 88.9. The van der Waals surface area contributed by atoms with Crippen LogP contribution in [-0.4, -0.2) is 120 Å². The van der Waals surface area contributed by atoms with Gasteiger partial charge in [-0.05, 0) is 48.5 Å². The first kappa shape index (κ1) is 44.6. The third kappa shape index (κ3) is 19.7. The highest BCUT2D eigenvalue weighted by molar-refractivity contribution is 6.74. The standard InChI is InChI=1S/C36H56F3NO10Si/c1-35(2,3)51(4,5)50-28-26-48-24-22-46-20-18-44-16-14-42-13-15-43-17-19-45-21-23-47-25-27-49-34(41)32-11-6-7-12-33(32)40-31-10-8-9-30(29-31)36(37,38)39/h6-12,29,40H,13-28H2,1-5H3. The van der Waals surface area contributed by atoms with Crippen molar-refractivity contribution >= 4 is 25.7 Å². The van der Waals surface area contributed by atoms with Crippen LogP contribution in [0.5, 0.6) is 0 Å². The van der Waals surface area contributed by atoms with Crippen molar-refractivity contribution in [1.29, 1.82) is 0 Å². The molecule has 1 N–H and O–H groups in total. The van der Waals surface area contributed by atoms with Gasteiger partial charge < -0.3 is 47.6 Å². The summed E-state index contributed by atoms with van der Waals surface area (Å²) in [6.45, 7) is 17.8. The first-order valence-electron chi connectivity index (χ1n) is 17.2. The lowest BCUT2D eigenvalue weighted by Gasteiger charge is -2.36. The van der Waals surface area contributed by atoms with Gasteiger partial charge in [0.2, 0.25) is 0 Å². The molecule has 0 aromatic heterocycles. The van der Waals surface area contributed by atoms with Gasteiger partial charge in [-0.1, -0.05) is 39.0 Å². The van der Waals surface area contributed by atoms with Gasteiger partial charge in [-0.2, -0.15) is 13.2 Å². The number of alkyl halides is 3. The summed E-state index contributed by atoms with van der Waals surface area (Å²) in [6, 6.07) is 11.2. The topological polar surface area (TPSA) is 112 Å². The third-order valence-corrected chi connectivity index (χ3v) is 12.3. The number of benzene rings is 2. The highest BCUT2D eigenvalue weighted by Gasteiger charge is 2.36. The Morgan fingerprint density at radius 2 is 1.04 bits per heavy atom. The zero-order chi connectivity index (χ0) is 37.4. The first-order chi connectivity index (χ1) is 24.3. The maximum absolute atomic E-state index is 13.0. The molecule has 15 heteroatoms. The number of esters is 1. The third-order valence-electron chi connectivity index (χ3n) is 7.81. The number of anilines is 2. The van der Waals surface area contributed by atoms with Gasteiger partial charge in [0.1, 0.15) is 6.61 Å². The van der Waals surface area contributed by atoms with E-state index < -0.39 is 26.0 Å². The van der Waals surface area contributed by atoms with Gasteiger partial charge in [-0.25, -0.2) is 4.79 Å². The molecule has 11 nitrogen and oxygen atoms in total.